The topological polar surface area (TPSA) is 40.6 Å². The predicted molar refractivity (Wildman–Crippen MR) is 130 cm³/mol. The average Bonchev–Trinajstić information content (AvgIpc) is 2.96. The summed E-state index contributed by atoms with van der Waals surface area (Å²) in [5.41, 5.74) is 3.97. The van der Waals surface area contributed by atoms with E-state index >= 15 is 0 Å². The SMILES string of the molecule is CC1CC(C)(C)N(C)c2cc(Cl)c(/C=C3/SC(=O)N(Cc4ccc(Cl)cc4)C3=O)cc21. The summed E-state index contributed by atoms with van der Waals surface area (Å²) in [6.07, 6.45) is 2.76. The molecule has 1 saturated heterocycles. The number of thioether (sulfide) groups is 1. The van der Waals surface area contributed by atoms with E-state index in [1.54, 1.807) is 18.2 Å². The molecule has 2 aromatic carbocycles. The van der Waals surface area contributed by atoms with Gasteiger partial charge < -0.3 is 4.90 Å². The molecule has 162 valence electrons. The fourth-order valence-corrected chi connectivity index (χ4v) is 5.43. The Labute approximate surface area is 197 Å². The highest BCUT2D eigenvalue weighted by Crippen LogP contribution is 2.45. The minimum Gasteiger partial charge on any atom is -0.369 e. The molecule has 2 heterocycles. The lowest BCUT2D eigenvalue weighted by atomic mass is 9.80. The first-order valence-corrected chi connectivity index (χ1v) is 11.7. The molecule has 2 aromatic rings. The largest absolute Gasteiger partial charge is 0.369 e. The van der Waals surface area contributed by atoms with E-state index in [-0.39, 0.29) is 23.2 Å². The van der Waals surface area contributed by atoms with E-state index in [0.717, 1.165) is 35.0 Å². The first-order chi connectivity index (χ1) is 14.6. The Morgan fingerprint density at radius 1 is 1.16 bits per heavy atom. The molecule has 1 fully saturated rings. The highest BCUT2D eigenvalue weighted by molar-refractivity contribution is 8.18. The number of carbonyl (C=O) groups excluding carboxylic acids is 2. The number of anilines is 1. The maximum absolute atomic E-state index is 12.9. The highest BCUT2D eigenvalue weighted by Gasteiger charge is 2.37. The van der Waals surface area contributed by atoms with Gasteiger partial charge in [-0.05, 0) is 85.0 Å². The van der Waals surface area contributed by atoms with Crippen LogP contribution in [0.1, 0.15) is 49.8 Å². The summed E-state index contributed by atoms with van der Waals surface area (Å²) in [5.74, 6) is 0.0654. The molecule has 0 radical (unpaired) electrons. The number of fused-ring (bicyclic) bond motifs is 1. The van der Waals surface area contributed by atoms with Gasteiger partial charge in [-0.2, -0.15) is 0 Å². The van der Waals surface area contributed by atoms with Gasteiger partial charge in [-0.3, -0.25) is 14.5 Å². The third kappa shape index (κ3) is 4.23. The summed E-state index contributed by atoms with van der Waals surface area (Å²) >= 11 is 13.5. The van der Waals surface area contributed by atoms with Gasteiger partial charge in [0.1, 0.15) is 0 Å². The summed E-state index contributed by atoms with van der Waals surface area (Å²) in [6, 6.07) is 11.2. The quantitative estimate of drug-likeness (QED) is 0.451. The van der Waals surface area contributed by atoms with Crippen LogP contribution >= 0.6 is 35.0 Å². The number of rotatable bonds is 3. The molecule has 2 amide bonds. The van der Waals surface area contributed by atoms with E-state index in [0.29, 0.717) is 20.9 Å². The van der Waals surface area contributed by atoms with Gasteiger partial charge in [0, 0.05) is 28.3 Å². The summed E-state index contributed by atoms with van der Waals surface area (Å²) in [6.45, 7) is 6.88. The maximum Gasteiger partial charge on any atom is 0.293 e. The van der Waals surface area contributed by atoms with Crippen LogP contribution in [0, 0.1) is 0 Å². The fraction of sp³-hybridized carbons (Fsp3) is 0.333. The third-order valence-electron chi connectivity index (χ3n) is 6.17. The molecule has 0 aromatic heterocycles. The second-order valence-corrected chi connectivity index (χ2v) is 10.6. The van der Waals surface area contributed by atoms with Crippen molar-refractivity contribution in [2.75, 3.05) is 11.9 Å². The molecule has 7 heteroatoms. The predicted octanol–water partition coefficient (Wildman–Crippen LogP) is 6.95. The summed E-state index contributed by atoms with van der Waals surface area (Å²) in [7, 11) is 2.09. The van der Waals surface area contributed by atoms with Crippen molar-refractivity contribution < 1.29 is 9.59 Å². The third-order valence-corrected chi connectivity index (χ3v) is 7.65. The molecule has 0 saturated carbocycles. The van der Waals surface area contributed by atoms with Gasteiger partial charge in [-0.25, -0.2) is 0 Å². The Hall–Kier alpha value is -1.95. The van der Waals surface area contributed by atoms with Crippen LogP contribution in [0.2, 0.25) is 10.0 Å². The molecule has 1 atom stereocenters. The smallest absolute Gasteiger partial charge is 0.293 e. The van der Waals surface area contributed by atoms with E-state index < -0.39 is 0 Å². The van der Waals surface area contributed by atoms with Crippen LogP contribution in [-0.4, -0.2) is 28.6 Å². The molecule has 31 heavy (non-hydrogen) atoms. The number of carbonyl (C=O) groups is 2. The number of nitrogens with zero attached hydrogens (tertiary/aromatic N) is 2. The standard InChI is InChI=1S/C24H24Cl2N2O2S/c1-14-12-24(2,3)27(4)20-11-19(26)16(9-18(14)20)10-21-22(29)28(23(30)31-21)13-15-5-7-17(25)8-6-15/h5-11,14H,12-13H2,1-4H3/b21-10+. The van der Waals surface area contributed by atoms with Crippen molar-refractivity contribution in [1.82, 2.24) is 4.90 Å². The Morgan fingerprint density at radius 3 is 2.52 bits per heavy atom. The van der Waals surface area contributed by atoms with Gasteiger partial charge in [-0.15, -0.1) is 0 Å². The van der Waals surface area contributed by atoms with Crippen molar-refractivity contribution in [2.45, 2.75) is 45.2 Å². The lowest BCUT2D eigenvalue weighted by Gasteiger charge is -2.45. The van der Waals surface area contributed by atoms with Crippen molar-refractivity contribution in [2.24, 2.45) is 0 Å². The monoisotopic (exact) mass is 474 g/mol. The molecule has 0 bridgehead atoms. The van der Waals surface area contributed by atoms with Crippen LogP contribution in [0.15, 0.2) is 41.3 Å². The number of benzene rings is 2. The summed E-state index contributed by atoms with van der Waals surface area (Å²) < 4.78 is 0. The van der Waals surface area contributed by atoms with Crippen molar-refractivity contribution in [3.8, 4) is 0 Å². The molecular weight excluding hydrogens is 451 g/mol. The minimum atomic E-state index is -0.301. The average molecular weight is 475 g/mol. The van der Waals surface area contributed by atoms with Gasteiger partial charge in [0.15, 0.2) is 0 Å². The molecule has 0 N–H and O–H groups in total. The molecule has 2 aliphatic rings. The van der Waals surface area contributed by atoms with Gasteiger partial charge in [0.25, 0.3) is 11.1 Å². The molecule has 0 spiro atoms. The van der Waals surface area contributed by atoms with Crippen LogP contribution < -0.4 is 4.90 Å². The van der Waals surface area contributed by atoms with E-state index in [4.69, 9.17) is 23.2 Å². The number of imide groups is 1. The zero-order valence-electron chi connectivity index (χ0n) is 17.9. The first kappa shape index (κ1) is 22.3. The van der Waals surface area contributed by atoms with Crippen LogP contribution in [0.25, 0.3) is 6.08 Å². The molecule has 1 unspecified atom stereocenters. The van der Waals surface area contributed by atoms with Crippen LogP contribution in [-0.2, 0) is 11.3 Å². The lowest BCUT2D eigenvalue weighted by Crippen LogP contribution is -2.45. The van der Waals surface area contributed by atoms with E-state index in [2.05, 4.69) is 38.8 Å². The lowest BCUT2D eigenvalue weighted by molar-refractivity contribution is -0.123. The zero-order valence-corrected chi connectivity index (χ0v) is 20.2. The number of hydrogen-bond donors (Lipinski definition) is 0. The van der Waals surface area contributed by atoms with E-state index in [1.165, 1.54) is 10.5 Å². The van der Waals surface area contributed by atoms with Crippen molar-refractivity contribution in [3.05, 3.63) is 68.0 Å². The summed E-state index contributed by atoms with van der Waals surface area (Å²) in [5, 5.41) is 0.901. The van der Waals surface area contributed by atoms with Gasteiger partial charge in [-0.1, -0.05) is 42.3 Å². The van der Waals surface area contributed by atoms with Crippen molar-refractivity contribution in [1.29, 1.82) is 0 Å². The van der Waals surface area contributed by atoms with Crippen molar-refractivity contribution >= 4 is 57.9 Å². The Bertz CT molecular complexity index is 1100. The fourth-order valence-electron chi connectivity index (χ4n) is 4.27. The molecule has 0 aliphatic carbocycles. The summed E-state index contributed by atoms with van der Waals surface area (Å²) in [4.78, 5) is 29.3. The van der Waals surface area contributed by atoms with Gasteiger partial charge in [0.2, 0.25) is 0 Å². The van der Waals surface area contributed by atoms with Crippen LogP contribution in [0.4, 0.5) is 10.5 Å². The van der Waals surface area contributed by atoms with E-state index in [9.17, 15) is 9.59 Å². The number of amides is 2. The van der Waals surface area contributed by atoms with Crippen LogP contribution in [0.5, 0.6) is 0 Å². The van der Waals surface area contributed by atoms with E-state index in [1.807, 2.05) is 18.2 Å². The Morgan fingerprint density at radius 2 is 1.84 bits per heavy atom. The number of halogens is 2. The minimum absolute atomic E-state index is 0.0432. The Kier molecular flexibility index (Phi) is 5.88. The number of hydrogen-bond acceptors (Lipinski definition) is 4. The maximum atomic E-state index is 12.9. The van der Waals surface area contributed by atoms with Crippen LogP contribution in [0.3, 0.4) is 0 Å². The molecule has 2 aliphatic heterocycles. The Balaban J connectivity index is 1.63. The second kappa shape index (κ2) is 8.19. The normalized spacial score (nSPS) is 21.7. The van der Waals surface area contributed by atoms with Gasteiger partial charge >= 0.3 is 0 Å². The molecular formula is C24H24Cl2N2O2S. The zero-order chi connectivity index (χ0) is 22.5. The molecule has 4 rings (SSSR count). The highest BCUT2D eigenvalue weighted by atomic mass is 35.5. The second-order valence-electron chi connectivity index (χ2n) is 8.80. The first-order valence-electron chi connectivity index (χ1n) is 10.1. The van der Waals surface area contributed by atoms with Gasteiger partial charge in [0.05, 0.1) is 11.4 Å². The molecule has 4 nitrogen and oxygen atoms in total. The van der Waals surface area contributed by atoms with Crippen molar-refractivity contribution in [3.63, 3.8) is 0 Å².